The fourth-order valence-electron chi connectivity index (χ4n) is 1.54. The van der Waals surface area contributed by atoms with Gasteiger partial charge >= 0.3 is 0 Å². The zero-order valence-corrected chi connectivity index (χ0v) is 10.8. The van der Waals surface area contributed by atoms with E-state index in [1.165, 1.54) is 5.56 Å². The quantitative estimate of drug-likeness (QED) is 0.698. The Morgan fingerprint density at radius 2 is 1.59 bits per heavy atom. The maximum absolute atomic E-state index is 5.22. The lowest BCUT2D eigenvalue weighted by Crippen LogP contribution is -2.21. The van der Waals surface area contributed by atoms with Crippen molar-refractivity contribution >= 4 is 0 Å². The van der Waals surface area contributed by atoms with Crippen LogP contribution in [-0.4, -0.2) is 41.0 Å². The molecule has 0 amide bonds. The van der Waals surface area contributed by atoms with Crippen molar-refractivity contribution in [2.24, 2.45) is 0 Å². The Kier molecular flexibility index (Phi) is 6.43. The van der Waals surface area contributed by atoms with Crippen molar-refractivity contribution in [3.05, 3.63) is 23.8 Å². The van der Waals surface area contributed by atoms with E-state index in [4.69, 9.17) is 14.2 Å². The molecule has 0 spiro atoms. The van der Waals surface area contributed by atoms with Crippen molar-refractivity contribution in [1.82, 2.24) is 5.32 Å². The smallest absolute Gasteiger partial charge is 0.122 e. The minimum absolute atomic E-state index is 0.738. The first-order chi connectivity index (χ1) is 8.30. The Morgan fingerprint density at radius 3 is 2.12 bits per heavy atom. The second-order valence-corrected chi connectivity index (χ2v) is 3.71. The molecule has 0 aromatic heterocycles. The Labute approximate surface area is 103 Å². The normalized spacial score (nSPS) is 10.3. The summed E-state index contributed by atoms with van der Waals surface area (Å²) in [5.74, 6) is 1.66. The standard InChI is InChI=1S/C13H21NO3/c1-15-7-6-14-5-4-11-8-12(16-2)10-13(9-11)17-3/h8-10,14H,4-7H2,1-3H3. The van der Waals surface area contributed by atoms with E-state index in [0.717, 1.165) is 37.6 Å². The third-order valence-corrected chi connectivity index (χ3v) is 2.48. The van der Waals surface area contributed by atoms with Crippen LogP contribution in [0.2, 0.25) is 0 Å². The molecule has 1 N–H and O–H groups in total. The second kappa shape index (κ2) is 7.92. The first-order valence-corrected chi connectivity index (χ1v) is 5.71. The molecule has 4 heteroatoms. The molecule has 0 aliphatic rings. The van der Waals surface area contributed by atoms with Crippen molar-refractivity contribution in [3.8, 4) is 11.5 Å². The molecule has 1 rings (SSSR count). The van der Waals surface area contributed by atoms with Gasteiger partial charge in [-0.15, -0.1) is 0 Å². The number of benzene rings is 1. The molecule has 96 valence electrons. The molecule has 0 radical (unpaired) electrons. The van der Waals surface area contributed by atoms with Gasteiger partial charge in [0.25, 0.3) is 0 Å². The van der Waals surface area contributed by atoms with E-state index in [9.17, 15) is 0 Å². The minimum Gasteiger partial charge on any atom is -0.497 e. The van der Waals surface area contributed by atoms with E-state index in [1.807, 2.05) is 18.2 Å². The molecule has 0 heterocycles. The largest absolute Gasteiger partial charge is 0.497 e. The lowest BCUT2D eigenvalue weighted by atomic mass is 10.1. The molecule has 17 heavy (non-hydrogen) atoms. The fourth-order valence-corrected chi connectivity index (χ4v) is 1.54. The predicted octanol–water partition coefficient (Wildman–Crippen LogP) is 1.48. The van der Waals surface area contributed by atoms with Gasteiger partial charge in [0.05, 0.1) is 20.8 Å². The van der Waals surface area contributed by atoms with Gasteiger partial charge in [-0.25, -0.2) is 0 Å². The van der Waals surface area contributed by atoms with Gasteiger partial charge in [-0.2, -0.15) is 0 Å². The van der Waals surface area contributed by atoms with E-state index in [2.05, 4.69) is 5.32 Å². The van der Waals surface area contributed by atoms with Gasteiger partial charge in [-0.3, -0.25) is 0 Å². The van der Waals surface area contributed by atoms with Crippen molar-refractivity contribution in [3.63, 3.8) is 0 Å². The van der Waals surface area contributed by atoms with Crippen LogP contribution in [0.15, 0.2) is 18.2 Å². The van der Waals surface area contributed by atoms with Gasteiger partial charge in [-0.05, 0) is 30.7 Å². The van der Waals surface area contributed by atoms with E-state index < -0.39 is 0 Å². The third-order valence-electron chi connectivity index (χ3n) is 2.48. The highest BCUT2D eigenvalue weighted by Crippen LogP contribution is 2.22. The number of nitrogens with one attached hydrogen (secondary N) is 1. The van der Waals surface area contributed by atoms with Crippen LogP contribution in [0, 0.1) is 0 Å². The predicted molar refractivity (Wildman–Crippen MR) is 68.0 cm³/mol. The van der Waals surface area contributed by atoms with Crippen molar-refractivity contribution in [2.75, 3.05) is 41.0 Å². The number of ether oxygens (including phenoxy) is 3. The Hall–Kier alpha value is -1.26. The van der Waals surface area contributed by atoms with Crippen LogP contribution in [0.1, 0.15) is 5.56 Å². The topological polar surface area (TPSA) is 39.7 Å². The van der Waals surface area contributed by atoms with Gasteiger partial charge < -0.3 is 19.5 Å². The molecule has 0 unspecified atom stereocenters. The molecule has 1 aromatic carbocycles. The van der Waals surface area contributed by atoms with Crippen LogP contribution in [0.4, 0.5) is 0 Å². The molecule has 0 saturated carbocycles. The Balaban J connectivity index is 2.46. The lowest BCUT2D eigenvalue weighted by Gasteiger charge is -2.09. The summed E-state index contributed by atoms with van der Waals surface area (Å²) in [7, 11) is 5.03. The average molecular weight is 239 g/mol. The summed E-state index contributed by atoms with van der Waals surface area (Å²) in [6, 6.07) is 5.93. The summed E-state index contributed by atoms with van der Waals surface area (Å²) in [5.41, 5.74) is 1.20. The molecule has 1 aromatic rings. The number of rotatable bonds is 8. The number of methoxy groups -OCH3 is 3. The summed E-state index contributed by atoms with van der Waals surface area (Å²) in [6.45, 7) is 2.53. The summed E-state index contributed by atoms with van der Waals surface area (Å²) in [5, 5.41) is 3.30. The number of hydrogen-bond acceptors (Lipinski definition) is 4. The maximum Gasteiger partial charge on any atom is 0.122 e. The zero-order valence-electron chi connectivity index (χ0n) is 10.8. The Bertz CT molecular complexity index is 306. The van der Waals surface area contributed by atoms with Crippen LogP contribution >= 0.6 is 0 Å². The summed E-state index contributed by atoms with van der Waals surface area (Å²) in [4.78, 5) is 0. The monoisotopic (exact) mass is 239 g/mol. The number of hydrogen-bond donors (Lipinski definition) is 1. The van der Waals surface area contributed by atoms with Gasteiger partial charge in [0.2, 0.25) is 0 Å². The van der Waals surface area contributed by atoms with Crippen molar-refractivity contribution < 1.29 is 14.2 Å². The molecule has 0 bridgehead atoms. The van der Waals surface area contributed by atoms with E-state index >= 15 is 0 Å². The van der Waals surface area contributed by atoms with Crippen LogP contribution in [0.25, 0.3) is 0 Å². The van der Waals surface area contributed by atoms with Crippen LogP contribution < -0.4 is 14.8 Å². The van der Waals surface area contributed by atoms with Crippen molar-refractivity contribution in [1.29, 1.82) is 0 Å². The van der Waals surface area contributed by atoms with E-state index in [0.29, 0.717) is 0 Å². The van der Waals surface area contributed by atoms with E-state index in [1.54, 1.807) is 21.3 Å². The molecule has 0 saturated heterocycles. The molecule has 0 fully saturated rings. The average Bonchev–Trinajstić information content (AvgIpc) is 2.38. The highest BCUT2D eigenvalue weighted by molar-refractivity contribution is 5.38. The SMILES string of the molecule is COCCNCCc1cc(OC)cc(OC)c1. The van der Waals surface area contributed by atoms with Gasteiger partial charge in [0.15, 0.2) is 0 Å². The molecule has 0 aliphatic heterocycles. The first kappa shape index (κ1) is 13.8. The van der Waals surface area contributed by atoms with E-state index in [-0.39, 0.29) is 0 Å². The highest BCUT2D eigenvalue weighted by Gasteiger charge is 2.01. The summed E-state index contributed by atoms with van der Waals surface area (Å²) >= 11 is 0. The van der Waals surface area contributed by atoms with Gasteiger partial charge in [-0.1, -0.05) is 0 Å². The lowest BCUT2D eigenvalue weighted by molar-refractivity contribution is 0.199. The molecule has 0 atom stereocenters. The third kappa shape index (κ3) is 5.06. The summed E-state index contributed by atoms with van der Waals surface area (Å²) in [6.07, 6.45) is 0.942. The van der Waals surface area contributed by atoms with Crippen LogP contribution in [-0.2, 0) is 11.2 Å². The first-order valence-electron chi connectivity index (χ1n) is 5.71. The molecule has 0 aliphatic carbocycles. The van der Waals surface area contributed by atoms with Crippen LogP contribution in [0.3, 0.4) is 0 Å². The second-order valence-electron chi connectivity index (χ2n) is 3.71. The van der Waals surface area contributed by atoms with Crippen LogP contribution in [0.5, 0.6) is 11.5 Å². The maximum atomic E-state index is 5.22. The van der Waals surface area contributed by atoms with Gasteiger partial charge in [0.1, 0.15) is 11.5 Å². The molecular weight excluding hydrogens is 218 g/mol. The molecule has 4 nitrogen and oxygen atoms in total. The minimum atomic E-state index is 0.738. The Morgan fingerprint density at radius 1 is 0.941 bits per heavy atom. The van der Waals surface area contributed by atoms with Crippen molar-refractivity contribution in [2.45, 2.75) is 6.42 Å². The van der Waals surface area contributed by atoms with Gasteiger partial charge in [0, 0.05) is 19.7 Å². The fraction of sp³-hybridized carbons (Fsp3) is 0.538. The zero-order chi connectivity index (χ0) is 12.5. The summed E-state index contributed by atoms with van der Waals surface area (Å²) < 4.78 is 15.4. The molecular formula is C13H21NO3. The highest BCUT2D eigenvalue weighted by atomic mass is 16.5.